The van der Waals surface area contributed by atoms with Crippen molar-refractivity contribution in [1.82, 2.24) is 14.9 Å². The largest absolute Gasteiger partial charge is 0.332 e. The first-order chi connectivity index (χ1) is 6.65. The molecule has 3 nitrogen and oxygen atoms in total. The van der Waals surface area contributed by atoms with Crippen molar-refractivity contribution in [1.29, 1.82) is 0 Å². The SMILES string of the molecule is CCNC(C)CC(C)n1ccnc1C. The van der Waals surface area contributed by atoms with Gasteiger partial charge in [0, 0.05) is 24.5 Å². The molecule has 1 aromatic heterocycles. The summed E-state index contributed by atoms with van der Waals surface area (Å²) in [5, 5.41) is 3.42. The number of rotatable bonds is 5. The lowest BCUT2D eigenvalue weighted by Gasteiger charge is -2.20. The van der Waals surface area contributed by atoms with Gasteiger partial charge in [-0.1, -0.05) is 6.92 Å². The number of nitrogens with zero attached hydrogens (tertiary/aromatic N) is 2. The van der Waals surface area contributed by atoms with Crippen LogP contribution >= 0.6 is 0 Å². The van der Waals surface area contributed by atoms with Crippen LogP contribution in [0.3, 0.4) is 0 Å². The van der Waals surface area contributed by atoms with Gasteiger partial charge in [-0.3, -0.25) is 0 Å². The van der Waals surface area contributed by atoms with E-state index in [1.807, 2.05) is 6.20 Å². The first kappa shape index (κ1) is 11.2. The van der Waals surface area contributed by atoms with E-state index in [2.05, 4.69) is 48.8 Å². The third kappa shape index (κ3) is 2.84. The molecule has 0 spiro atoms. The number of hydrogen-bond acceptors (Lipinski definition) is 2. The molecule has 0 aliphatic carbocycles. The van der Waals surface area contributed by atoms with Crippen LogP contribution in [0.2, 0.25) is 0 Å². The van der Waals surface area contributed by atoms with Gasteiger partial charge in [0.25, 0.3) is 0 Å². The maximum Gasteiger partial charge on any atom is 0.105 e. The van der Waals surface area contributed by atoms with Gasteiger partial charge in [-0.2, -0.15) is 0 Å². The number of hydrogen-bond donors (Lipinski definition) is 1. The van der Waals surface area contributed by atoms with E-state index < -0.39 is 0 Å². The second-order valence-corrected chi connectivity index (χ2v) is 3.93. The monoisotopic (exact) mass is 195 g/mol. The number of imidazole rings is 1. The average Bonchev–Trinajstić information content (AvgIpc) is 2.51. The van der Waals surface area contributed by atoms with Gasteiger partial charge >= 0.3 is 0 Å². The Morgan fingerprint density at radius 2 is 2.21 bits per heavy atom. The zero-order valence-corrected chi connectivity index (χ0v) is 9.62. The van der Waals surface area contributed by atoms with Gasteiger partial charge in [-0.25, -0.2) is 4.98 Å². The first-order valence-corrected chi connectivity index (χ1v) is 5.38. The van der Waals surface area contributed by atoms with Crippen LogP contribution in [-0.2, 0) is 0 Å². The summed E-state index contributed by atoms with van der Waals surface area (Å²) in [5.41, 5.74) is 0. The van der Waals surface area contributed by atoms with E-state index in [1.165, 1.54) is 0 Å². The lowest BCUT2D eigenvalue weighted by Crippen LogP contribution is -2.28. The number of aryl methyl sites for hydroxylation is 1. The Balaban J connectivity index is 2.50. The number of aromatic nitrogens is 2. The third-order valence-corrected chi connectivity index (χ3v) is 2.58. The lowest BCUT2D eigenvalue weighted by molar-refractivity contribution is 0.414. The minimum atomic E-state index is 0.520. The fourth-order valence-corrected chi connectivity index (χ4v) is 1.91. The van der Waals surface area contributed by atoms with E-state index >= 15 is 0 Å². The van der Waals surface area contributed by atoms with Gasteiger partial charge in [0.1, 0.15) is 5.82 Å². The lowest BCUT2D eigenvalue weighted by atomic mass is 10.1. The molecule has 1 heterocycles. The van der Waals surface area contributed by atoms with Gasteiger partial charge in [-0.15, -0.1) is 0 Å². The summed E-state index contributed by atoms with van der Waals surface area (Å²) < 4.78 is 2.23. The molecule has 0 radical (unpaired) electrons. The normalized spacial score (nSPS) is 15.4. The minimum absolute atomic E-state index is 0.520. The van der Waals surface area contributed by atoms with Crippen molar-refractivity contribution in [2.24, 2.45) is 0 Å². The molecule has 0 aliphatic rings. The molecule has 14 heavy (non-hydrogen) atoms. The Morgan fingerprint density at radius 1 is 1.50 bits per heavy atom. The molecule has 0 amide bonds. The summed E-state index contributed by atoms with van der Waals surface area (Å²) in [4.78, 5) is 4.23. The molecule has 1 N–H and O–H groups in total. The maximum absolute atomic E-state index is 4.23. The summed E-state index contributed by atoms with van der Waals surface area (Å²) in [7, 11) is 0. The van der Waals surface area contributed by atoms with Crippen LogP contribution in [0, 0.1) is 6.92 Å². The van der Waals surface area contributed by atoms with E-state index in [1.54, 1.807) is 0 Å². The smallest absolute Gasteiger partial charge is 0.105 e. The molecular formula is C11H21N3. The molecule has 0 saturated carbocycles. The Kier molecular flexibility index (Phi) is 4.14. The number of nitrogens with one attached hydrogen (secondary N) is 1. The molecule has 0 fully saturated rings. The summed E-state index contributed by atoms with van der Waals surface area (Å²) in [6.45, 7) is 9.70. The topological polar surface area (TPSA) is 29.9 Å². The van der Waals surface area contributed by atoms with E-state index in [0.717, 1.165) is 18.8 Å². The molecule has 0 saturated heterocycles. The summed E-state index contributed by atoms with van der Waals surface area (Å²) in [5.74, 6) is 1.10. The van der Waals surface area contributed by atoms with Crippen LogP contribution in [0.1, 0.15) is 39.1 Å². The van der Waals surface area contributed by atoms with Crippen molar-refractivity contribution in [3.05, 3.63) is 18.2 Å². The van der Waals surface area contributed by atoms with Crippen LogP contribution in [0.25, 0.3) is 0 Å². The van der Waals surface area contributed by atoms with Crippen LogP contribution in [0.5, 0.6) is 0 Å². The van der Waals surface area contributed by atoms with Gasteiger partial charge in [0.15, 0.2) is 0 Å². The molecule has 0 aromatic carbocycles. The molecule has 1 rings (SSSR count). The Labute approximate surface area is 86.5 Å². The van der Waals surface area contributed by atoms with Crippen molar-refractivity contribution < 1.29 is 0 Å². The molecule has 3 heteroatoms. The van der Waals surface area contributed by atoms with E-state index in [4.69, 9.17) is 0 Å². The predicted molar refractivity (Wildman–Crippen MR) is 59.4 cm³/mol. The predicted octanol–water partition coefficient (Wildman–Crippen LogP) is 2.14. The van der Waals surface area contributed by atoms with Gasteiger partial charge in [0.05, 0.1) is 0 Å². The van der Waals surface area contributed by atoms with Crippen LogP contribution in [-0.4, -0.2) is 22.1 Å². The molecule has 1 aromatic rings. The van der Waals surface area contributed by atoms with Crippen LogP contribution in [0.4, 0.5) is 0 Å². The van der Waals surface area contributed by atoms with Gasteiger partial charge in [0.2, 0.25) is 0 Å². The first-order valence-electron chi connectivity index (χ1n) is 5.38. The highest BCUT2D eigenvalue weighted by Crippen LogP contribution is 2.14. The summed E-state index contributed by atoms with van der Waals surface area (Å²) in [6, 6.07) is 1.09. The van der Waals surface area contributed by atoms with Crippen molar-refractivity contribution in [3.8, 4) is 0 Å². The van der Waals surface area contributed by atoms with Crippen molar-refractivity contribution in [3.63, 3.8) is 0 Å². The summed E-state index contributed by atoms with van der Waals surface area (Å²) >= 11 is 0. The Hall–Kier alpha value is -0.830. The quantitative estimate of drug-likeness (QED) is 0.780. The summed E-state index contributed by atoms with van der Waals surface area (Å²) in [6.07, 6.45) is 5.06. The van der Waals surface area contributed by atoms with Crippen LogP contribution in [0.15, 0.2) is 12.4 Å². The highest BCUT2D eigenvalue weighted by atomic mass is 15.1. The maximum atomic E-state index is 4.23. The van der Waals surface area contributed by atoms with Gasteiger partial charge in [-0.05, 0) is 33.7 Å². The fourth-order valence-electron chi connectivity index (χ4n) is 1.91. The van der Waals surface area contributed by atoms with Crippen LogP contribution < -0.4 is 5.32 Å². The second kappa shape index (κ2) is 5.15. The van der Waals surface area contributed by atoms with Crippen molar-refractivity contribution >= 4 is 0 Å². The van der Waals surface area contributed by atoms with Gasteiger partial charge < -0.3 is 9.88 Å². The Bertz CT molecular complexity index is 267. The molecular weight excluding hydrogens is 174 g/mol. The second-order valence-electron chi connectivity index (χ2n) is 3.93. The highest BCUT2D eigenvalue weighted by Gasteiger charge is 2.10. The third-order valence-electron chi connectivity index (χ3n) is 2.58. The van der Waals surface area contributed by atoms with Crippen molar-refractivity contribution in [2.75, 3.05) is 6.54 Å². The standard InChI is InChI=1S/C11H21N3/c1-5-12-9(2)8-10(3)14-7-6-13-11(14)4/h6-7,9-10,12H,5,8H2,1-4H3. The molecule has 80 valence electrons. The molecule has 2 atom stereocenters. The highest BCUT2D eigenvalue weighted by molar-refractivity contribution is 4.91. The Morgan fingerprint density at radius 3 is 2.71 bits per heavy atom. The average molecular weight is 195 g/mol. The van der Waals surface area contributed by atoms with E-state index in [-0.39, 0.29) is 0 Å². The minimum Gasteiger partial charge on any atom is -0.332 e. The van der Waals surface area contributed by atoms with E-state index in [9.17, 15) is 0 Å². The van der Waals surface area contributed by atoms with Crippen molar-refractivity contribution in [2.45, 2.75) is 46.2 Å². The molecule has 0 aliphatic heterocycles. The fraction of sp³-hybridized carbons (Fsp3) is 0.727. The molecule has 0 bridgehead atoms. The zero-order valence-electron chi connectivity index (χ0n) is 9.62. The van der Waals surface area contributed by atoms with E-state index in [0.29, 0.717) is 12.1 Å². The zero-order chi connectivity index (χ0) is 10.6. The molecule has 2 unspecified atom stereocenters.